The molecule has 2 N–H and O–H groups in total. The Kier molecular flexibility index (Phi) is 13.6. The first-order valence-corrected chi connectivity index (χ1v) is 10.7. The summed E-state index contributed by atoms with van der Waals surface area (Å²) in [5.74, 6) is 0.465. The van der Waals surface area contributed by atoms with Crippen LogP contribution in [0.15, 0.2) is 0 Å². The molecule has 0 fully saturated rings. The number of esters is 2. The van der Waals surface area contributed by atoms with Crippen LogP contribution in [0.25, 0.3) is 0 Å². The van der Waals surface area contributed by atoms with E-state index >= 15 is 0 Å². The molecule has 0 aliphatic carbocycles. The van der Waals surface area contributed by atoms with Crippen LogP contribution in [0.5, 0.6) is 0 Å². The number of ether oxygens (including phenoxy) is 2. The van der Waals surface area contributed by atoms with Crippen molar-refractivity contribution in [2.45, 2.75) is 38.8 Å². The molecule has 2 atom stereocenters. The Morgan fingerprint density at radius 1 is 0.833 bits per heavy atom. The van der Waals surface area contributed by atoms with Crippen LogP contribution in [0.4, 0.5) is 4.79 Å². The fraction of sp³-hybridized carbons (Fsp3) is 0.800. The lowest BCUT2D eigenvalue weighted by molar-refractivity contribution is -0.145. The van der Waals surface area contributed by atoms with Crippen molar-refractivity contribution in [3.05, 3.63) is 0 Å². The van der Waals surface area contributed by atoms with Crippen LogP contribution in [0.1, 0.15) is 26.7 Å². The van der Waals surface area contributed by atoms with Crippen molar-refractivity contribution >= 4 is 41.5 Å². The van der Waals surface area contributed by atoms with E-state index in [-0.39, 0.29) is 13.2 Å². The van der Waals surface area contributed by atoms with Gasteiger partial charge < -0.3 is 20.1 Å². The smallest absolute Gasteiger partial charge is 0.328 e. The van der Waals surface area contributed by atoms with Gasteiger partial charge in [0, 0.05) is 0 Å². The molecule has 0 spiro atoms. The minimum atomic E-state index is -0.735. The van der Waals surface area contributed by atoms with Crippen LogP contribution >= 0.6 is 23.5 Å². The third-order valence-electron chi connectivity index (χ3n) is 2.97. The van der Waals surface area contributed by atoms with Crippen LogP contribution in [-0.4, -0.2) is 67.3 Å². The zero-order valence-corrected chi connectivity index (χ0v) is 16.4. The lowest BCUT2D eigenvalue weighted by atomic mass is 10.2. The van der Waals surface area contributed by atoms with Crippen molar-refractivity contribution in [3.8, 4) is 0 Å². The van der Waals surface area contributed by atoms with Crippen molar-refractivity contribution in [3.63, 3.8) is 0 Å². The van der Waals surface area contributed by atoms with Gasteiger partial charge in [-0.15, -0.1) is 0 Å². The lowest BCUT2D eigenvalue weighted by Gasteiger charge is -2.21. The number of carbonyl (C=O) groups excluding carboxylic acids is 3. The average Bonchev–Trinajstić information content (AvgIpc) is 2.55. The third-order valence-corrected chi connectivity index (χ3v) is 4.26. The standard InChI is InChI=1S/C15H28N2O5S2/c1-5-21-13(18)11(7-9-23-3)16-15(20)17-12(8-10-24-4)14(19)22-6-2/h11-12H,5-10H2,1-4H3,(H2,16,17,20)/t11-,12-/m0/s1. The summed E-state index contributed by atoms with van der Waals surface area (Å²) in [5.41, 5.74) is 0. The van der Waals surface area contributed by atoms with Gasteiger partial charge in [0.1, 0.15) is 12.1 Å². The normalized spacial score (nSPS) is 12.8. The molecule has 0 aromatic heterocycles. The number of carbonyl (C=O) groups is 3. The van der Waals surface area contributed by atoms with E-state index < -0.39 is 30.1 Å². The number of hydrogen-bond acceptors (Lipinski definition) is 7. The molecular formula is C15H28N2O5S2. The van der Waals surface area contributed by atoms with Gasteiger partial charge >= 0.3 is 18.0 Å². The summed E-state index contributed by atoms with van der Waals surface area (Å²) >= 11 is 3.15. The Labute approximate surface area is 152 Å². The van der Waals surface area contributed by atoms with Crippen molar-refractivity contribution in [2.24, 2.45) is 0 Å². The van der Waals surface area contributed by atoms with E-state index in [0.717, 1.165) is 0 Å². The molecule has 0 bridgehead atoms. The highest BCUT2D eigenvalue weighted by Crippen LogP contribution is 2.05. The van der Waals surface area contributed by atoms with E-state index in [2.05, 4.69) is 10.6 Å². The highest BCUT2D eigenvalue weighted by atomic mass is 32.2. The van der Waals surface area contributed by atoms with E-state index in [0.29, 0.717) is 24.3 Å². The minimum Gasteiger partial charge on any atom is -0.464 e. The summed E-state index contributed by atoms with van der Waals surface area (Å²) in [7, 11) is 0. The van der Waals surface area contributed by atoms with E-state index in [1.54, 1.807) is 37.4 Å². The van der Waals surface area contributed by atoms with E-state index in [1.807, 2.05) is 12.5 Å². The van der Waals surface area contributed by atoms with Gasteiger partial charge in [-0.25, -0.2) is 14.4 Å². The van der Waals surface area contributed by atoms with Crippen LogP contribution in [0.2, 0.25) is 0 Å². The van der Waals surface area contributed by atoms with E-state index in [9.17, 15) is 14.4 Å². The summed E-state index contributed by atoms with van der Waals surface area (Å²) in [6, 6.07) is -2.05. The number of urea groups is 1. The van der Waals surface area contributed by atoms with Crippen molar-refractivity contribution in [2.75, 3.05) is 37.2 Å². The molecule has 0 aliphatic rings. The fourth-order valence-corrected chi connectivity index (χ4v) is 2.76. The quantitative estimate of drug-likeness (QED) is 0.497. The molecular weight excluding hydrogens is 352 g/mol. The zero-order chi connectivity index (χ0) is 18.4. The van der Waals surface area contributed by atoms with Crippen LogP contribution in [-0.2, 0) is 19.1 Å². The second-order valence-corrected chi connectivity index (χ2v) is 6.76. The Balaban J connectivity index is 4.72. The second-order valence-electron chi connectivity index (χ2n) is 4.79. The number of rotatable bonds is 12. The van der Waals surface area contributed by atoms with Gasteiger partial charge in [0.25, 0.3) is 0 Å². The first kappa shape index (κ1) is 22.9. The number of hydrogen-bond donors (Lipinski definition) is 2. The lowest BCUT2D eigenvalue weighted by Crippen LogP contribution is -2.52. The van der Waals surface area contributed by atoms with Crippen molar-refractivity contribution in [1.82, 2.24) is 10.6 Å². The Bertz CT molecular complexity index is 362. The Morgan fingerprint density at radius 3 is 1.50 bits per heavy atom. The molecule has 140 valence electrons. The molecule has 0 aromatic carbocycles. The van der Waals surface area contributed by atoms with Crippen molar-refractivity contribution in [1.29, 1.82) is 0 Å². The molecule has 24 heavy (non-hydrogen) atoms. The maximum Gasteiger partial charge on any atom is 0.328 e. The van der Waals surface area contributed by atoms with Gasteiger partial charge in [0.15, 0.2) is 0 Å². The first-order chi connectivity index (χ1) is 11.5. The molecule has 0 radical (unpaired) electrons. The molecule has 0 unspecified atom stereocenters. The fourth-order valence-electron chi connectivity index (χ4n) is 1.81. The van der Waals surface area contributed by atoms with Gasteiger partial charge in [-0.3, -0.25) is 0 Å². The molecule has 0 aliphatic heterocycles. The van der Waals surface area contributed by atoms with Gasteiger partial charge in [0.2, 0.25) is 0 Å². The Morgan fingerprint density at radius 2 is 1.21 bits per heavy atom. The average molecular weight is 381 g/mol. The molecule has 2 amide bonds. The minimum absolute atomic E-state index is 0.247. The molecule has 7 nitrogen and oxygen atoms in total. The number of thioether (sulfide) groups is 2. The molecule has 0 heterocycles. The van der Waals surface area contributed by atoms with Gasteiger partial charge in [0.05, 0.1) is 13.2 Å². The zero-order valence-electron chi connectivity index (χ0n) is 14.8. The monoisotopic (exact) mass is 380 g/mol. The maximum absolute atomic E-state index is 12.2. The summed E-state index contributed by atoms with van der Waals surface area (Å²) in [5, 5.41) is 5.18. The summed E-state index contributed by atoms with van der Waals surface area (Å²) in [6.07, 6.45) is 4.76. The van der Waals surface area contributed by atoms with Crippen LogP contribution in [0, 0.1) is 0 Å². The largest absolute Gasteiger partial charge is 0.464 e. The SMILES string of the molecule is CCOC(=O)[C@H](CCSC)NC(=O)N[C@@H](CCSC)C(=O)OCC. The maximum atomic E-state index is 12.2. The van der Waals surface area contributed by atoms with Gasteiger partial charge in [-0.05, 0) is 50.7 Å². The van der Waals surface area contributed by atoms with Gasteiger partial charge in [-0.2, -0.15) is 23.5 Å². The van der Waals surface area contributed by atoms with Crippen LogP contribution in [0.3, 0.4) is 0 Å². The van der Waals surface area contributed by atoms with Gasteiger partial charge in [-0.1, -0.05) is 0 Å². The summed E-state index contributed by atoms with van der Waals surface area (Å²) in [4.78, 5) is 36.0. The van der Waals surface area contributed by atoms with Crippen molar-refractivity contribution < 1.29 is 23.9 Å². The predicted octanol–water partition coefficient (Wildman–Crippen LogP) is 1.66. The highest BCUT2D eigenvalue weighted by molar-refractivity contribution is 7.98. The van der Waals surface area contributed by atoms with E-state index in [1.165, 1.54) is 0 Å². The number of nitrogens with one attached hydrogen (secondary N) is 2. The molecule has 0 rings (SSSR count). The predicted molar refractivity (Wildman–Crippen MR) is 98.5 cm³/mol. The molecule has 0 saturated heterocycles. The number of amides is 2. The third kappa shape index (κ3) is 9.92. The summed E-state index contributed by atoms with van der Waals surface area (Å²) in [6.45, 7) is 3.92. The highest BCUT2D eigenvalue weighted by Gasteiger charge is 2.25. The molecule has 0 aromatic rings. The second kappa shape index (κ2) is 14.3. The van der Waals surface area contributed by atoms with E-state index in [4.69, 9.17) is 9.47 Å². The molecule has 9 heteroatoms. The molecule has 0 saturated carbocycles. The summed E-state index contributed by atoms with van der Waals surface area (Å²) < 4.78 is 9.94. The first-order valence-electron chi connectivity index (χ1n) is 7.88. The topological polar surface area (TPSA) is 93.7 Å². The van der Waals surface area contributed by atoms with Crippen LogP contribution < -0.4 is 10.6 Å². The Hall–Kier alpha value is -1.09.